The number of hydrogen-bond acceptors (Lipinski definition) is 3. The molecule has 0 N–H and O–H groups in total. The molecule has 7 heteroatoms. The zero-order valence-electron chi connectivity index (χ0n) is 9.53. The van der Waals surface area contributed by atoms with E-state index in [1.807, 2.05) is 0 Å². The highest BCUT2D eigenvalue weighted by Crippen LogP contribution is 2.85. The fourth-order valence-electron chi connectivity index (χ4n) is 4.73. The molecule has 2 heterocycles. The van der Waals surface area contributed by atoms with Gasteiger partial charge in [-0.2, -0.15) is 0 Å². The third-order valence-corrected chi connectivity index (χ3v) is 8.36. The van der Waals surface area contributed by atoms with Crippen molar-refractivity contribution in [3.63, 3.8) is 0 Å². The average molecular weight is 298 g/mol. The van der Waals surface area contributed by atoms with Crippen molar-refractivity contribution in [2.45, 2.75) is 36.7 Å². The highest BCUT2D eigenvalue weighted by Gasteiger charge is 2.97. The summed E-state index contributed by atoms with van der Waals surface area (Å²) < 4.78 is 24.1. The van der Waals surface area contributed by atoms with Crippen molar-refractivity contribution in [3.8, 4) is 0 Å². The van der Waals surface area contributed by atoms with Gasteiger partial charge in [-0.1, -0.05) is 37.0 Å². The van der Waals surface area contributed by atoms with E-state index < -0.39 is 25.5 Å². The first-order valence-electron chi connectivity index (χ1n) is 5.74. The maximum atomic E-state index is 12.1. The van der Waals surface area contributed by atoms with E-state index in [4.69, 9.17) is 28.0 Å². The Morgan fingerprint density at radius 2 is 2.00 bits per heavy atom. The van der Waals surface area contributed by atoms with Gasteiger partial charge in [-0.15, -0.1) is 0 Å². The summed E-state index contributed by atoms with van der Waals surface area (Å²) in [6.45, 7) is 4.14. The van der Waals surface area contributed by atoms with Crippen molar-refractivity contribution in [3.05, 3.63) is 0 Å². The molecule has 4 aliphatic rings. The fraction of sp³-hybridized carbons (Fsp3) is 1.00. The summed E-state index contributed by atoms with van der Waals surface area (Å²) in [5.74, 6) is 0.198. The molecule has 2 saturated carbocycles. The van der Waals surface area contributed by atoms with E-state index in [1.165, 1.54) is 0 Å². The molecule has 1 unspecified atom stereocenters. The van der Waals surface area contributed by atoms with Crippen LogP contribution in [-0.4, -0.2) is 28.7 Å². The van der Waals surface area contributed by atoms with Gasteiger partial charge in [0, 0.05) is 11.3 Å². The lowest BCUT2D eigenvalue weighted by Crippen LogP contribution is -2.48. The molecule has 2 aliphatic carbocycles. The van der Waals surface area contributed by atoms with Gasteiger partial charge in [0.25, 0.3) is 0 Å². The van der Waals surface area contributed by atoms with E-state index in [2.05, 4.69) is 13.8 Å². The number of halogens is 2. The normalized spacial score (nSPS) is 58.8. The van der Waals surface area contributed by atoms with Crippen molar-refractivity contribution in [1.82, 2.24) is 4.47 Å². The van der Waals surface area contributed by atoms with Gasteiger partial charge in [0.1, 0.15) is 0 Å². The monoisotopic (exact) mass is 297 g/mol. The second kappa shape index (κ2) is 2.40. The van der Waals surface area contributed by atoms with Crippen molar-refractivity contribution < 1.29 is 13.3 Å². The van der Waals surface area contributed by atoms with Gasteiger partial charge in [0.15, 0.2) is 4.33 Å². The van der Waals surface area contributed by atoms with Crippen LogP contribution < -0.4 is 0 Å². The fourth-order valence-corrected chi connectivity index (χ4v) is 8.56. The number of sulfonamides is 1. The minimum Gasteiger partial charge on any atom is -0.251 e. The highest BCUT2D eigenvalue weighted by atomic mass is 35.5. The Morgan fingerprint density at radius 3 is 2.53 bits per heavy atom. The molecule has 2 bridgehead atoms. The van der Waals surface area contributed by atoms with E-state index in [0.717, 1.165) is 17.3 Å². The van der Waals surface area contributed by atoms with Crippen molar-refractivity contribution >= 4 is 33.2 Å². The van der Waals surface area contributed by atoms with Crippen LogP contribution in [0.1, 0.15) is 26.7 Å². The largest absolute Gasteiger partial charge is 0.251 e. The summed E-state index contributed by atoms with van der Waals surface area (Å²) in [7, 11) is -3.36. The second-order valence-electron chi connectivity index (χ2n) is 6.24. The van der Waals surface area contributed by atoms with Crippen LogP contribution in [0.4, 0.5) is 0 Å². The highest BCUT2D eigenvalue weighted by molar-refractivity contribution is 7.89. The molecule has 0 aromatic carbocycles. The van der Waals surface area contributed by atoms with Crippen LogP contribution >= 0.6 is 23.2 Å². The Kier molecular flexibility index (Phi) is 1.59. The smallest absolute Gasteiger partial charge is 0.239 e. The molecule has 0 aromatic rings. The zero-order chi connectivity index (χ0) is 12.5. The number of hydrogen-bond donors (Lipinski definition) is 0. The molecule has 96 valence electrons. The van der Waals surface area contributed by atoms with Gasteiger partial charge in [0.05, 0.1) is 5.75 Å². The lowest BCUT2D eigenvalue weighted by molar-refractivity contribution is 0.0704. The predicted molar refractivity (Wildman–Crippen MR) is 62.8 cm³/mol. The maximum Gasteiger partial charge on any atom is 0.239 e. The summed E-state index contributed by atoms with van der Waals surface area (Å²) in [5.41, 5.74) is -1.66. The number of fused-ring (bicyclic) bond motifs is 1. The van der Waals surface area contributed by atoms with E-state index in [-0.39, 0.29) is 17.1 Å². The van der Waals surface area contributed by atoms with Gasteiger partial charge in [-0.3, -0.25) is 4.84 Å². The maximum absolute atomic E-state index is 12.1. The predicted octanol–water partition coefficient (Wildman–Crippen LogP) is 1.88. The first-order chi connectivity index (χ1) is 7.64. The summed E-state index contributed by atoms with van der Waals surface area (Å²) >= 11 is 13.0. The van der Waals surface area contributed by atoms with Crippen LogP contribution in [0.3, 0.4) is 0 Å². The van der Waals surface area contributed by atoms with E-state index in [9.17, 15) is 8.42 Å². The van der Waals surface area contributed by atoms with Crippen LogP contribution in [-0.2, 0) is 14.9 Å². The topological polar surface area (TPSA) is 49.7 Å². The molecule has 2 saturated heterocycles. The minimum atomic E-state index is -3.36. The number of alkyl halides is 2. The van der Waals surface area contributed by atoms with Gasteiger partial charge >= 0.3 is 0 Å². The molecule has 2 aliphatic heterocycles. The molecule has 0 radical (unpaired) electrons. The number of nitrogens with zero attached hydrogens (tertiary/aromatic N) is 1. The molecule has 4 fully saturated rings. The quantitative estimate of drug-likeness (QED) is 0.507. The number of rotatable bonds is 0. The Labute approximate surface area is 110 Å². The zero-order valence-corrected chi connectivity index (χ0v) is 11.9. The Morgan fingerprint density at radius 1 is 1.35 bits per heavy atom. The third-order valence-electron chi connectivity index (χ3n) is 5.62. The molecule has 2 spiro atoms. The third kappa shape index (κ3) is 0.778. The molecular formula is C10H13Cl2NO3S. The van der Waals surface area contributed by atoms with Crippen LogP contribution in [0.2, 0.25) is 0 Å². The molecule has 4 nitrogen and oxygen atoms in total. The first-order valence-corrected chi connectivity index (χ1v) is 8.10. The van der Waals surface area contributed by atoms with Crippen LogP contribution in [0, 0.1) is 16.7 Å². The van der Waals surface area contributed by atoms with E-state index in [0.29, 0.717) is 0 Å². The Balaban J connectivity index is 2.05. The summed E-state index contributed by atoms with van der Waals surface area (Å²) in [5, 5.41) is 0. The second-order valence-corrected chi connectivity index (χ2v) is 9.41. The first kappa shape index (κ1) is 11.3. The molecular weight excluding hydrogens is 285 g/mol. The minimum absolute atomic E-state index is 0.0823. The molecule has 17 heavy (non-hydrogen) atoms. The molecule has 4 rings (SSSR count). The van der Waals surface area contributed by atoms with Gasteiger partial charge in [-0.05, 0) is 22.7 Å². The Hall–Kier alpha value is 0.450. The summed E-state index contributed by atoms with van der Waals surface area (Å²) in [6, 6.07) is 0. The Bertz CT molecular complexity index is 538. The van der Waals surface area contributed by atoms with E-state index >= 15 is 0 Å². The standard InChI is InChI=1S/C10H13Cl2NO3S/c1-7(2)6-3-4-8(7)5-17(14,15)13-10(8,16-13)9(6,11)12/h6H,3-5H2,1-2H3/t6-,8+,10+,13?/m1/s1. The molecule has 4 atom stereocenters. The van der Waals surface area contributed by atoms with Crippen LogP contribution in [0.5, 0.6) is 0 Å². The van der Waals surface area contributed by atoms with Gasteiger partial charge in [0.2, 0.25) is 15.7 Å². The van der Waals surface area contributed by atoms with Crippen molar-refractivity contribution in [2.75, 3.05) is 5.75 Å². The van der Waals surface area contributed by atoms with Crippen molar-refractivity contribution in [2.24, 2.45) is 16.7 Å². The number of hydroxylamine groups is 1. The summed E-state index contributed by atoms with van der Waals surface area (Å²) in [4.78, 5) is 5.44. The SMILES string of the molecule is CC1(C)[C@H]2CC[C@]13CS(=O)(=O)N1O[C@@]13C2(Cl)Cl. The molecule has 0 amide bonds. The van der Waals surface area contributed by atoms with Crippen LogP contribution in [0.15, 0.2) is 0 Å². The lowest BCUT2D eigenvalue weighted by atomic mass is 9.68. The average Bonchev–Trinajstić information content (AvgIpc) is 2.78. The van der Waals surface area contributed by atoms with Gasteiger partial charge in [-0.25, -0.2) is 8.42 Å². The van der Waals surface area contributed by atoms with Gasteiger partial charge < -0.3 is 0 Å². The summed E-state index contributed by atoms with van der Waals surface area (Å²) in [6.07, 6.45) is 1.69. The molecule has 0 aromatic heterocycles. The van der Waals surface area contributed by atoms with Crippen LogP contribution in [0.25, 0.3) is 0 Å². The van der Waals surface area contributed by atoms with E-state index in [1.54, 1.807) is 0 Å². The van der Waals surface area contributed by atoms with Crippen molar-refractivity contribution in [1.29, 1.82) is 0 Å². The lowest BCUT2D eigenvalue weighted by Gasteiger charge is -2.36.